The second-order valence-electron chi connectivity index (χ2n) is 8.52. The van der Waals surface area contributed by atoms with Crippen LogP contribution in [0.1, 0.15) is 64.2 Å². The van der Waals surface area contributed by atoms with Gasteiger partial charge in [0.25, 0.3) is 0 Å². The number of hydrogen-bond acceptors (Lipinski definition) is 2. The molecule has 1 unspecified atom stereocenters. The van der Waals surface area contributed by atoms with Gasteiger partial charge in [-0.15, -0.1) is 0 Å². The van der Waals surface area contributed by atoms with E-state index in [4.69, 9.17) is 0 Å². The first-order chi connectivity index (χ1) is 11.9. The van der Waals surface area contributed by atoms with Gasteiger partial charge in [-0.05, 0) is 44.6 Å². The van der Waals surface area contributed by atoms with Crippen molar-refractivity contribution in [3.63, 3.8) is 0 Å². The zero-order valence-corrected chi connectivity index (χ0v) is 15.1. The molecule has 3 rings (SSSR count). The zero-order valence-electron chi connectivity index (χ0n) is 15.1. The lowest BCUT2D eigenvalue weighted by Gasteiger charge is -2.42. The summed E-state index contributed by atoms with van der Waals surface area (Å²) in [6.45, 7) is 4.62. The van der Waals surface area contributed by atoms with Crippen LogP contribution in [0.2, 0.25) is 0 Å². The molecule has 144 valence electrons. The quantitative estimate of drug-likeness (QED) is 0.749. The predicted octanol–water partition coefficient (Wildman–Crippen LogP) is 4.22. The van der Waals surface area contributed by atoms with Gasteiger partial charge in [0, 0.05) is 38.0 Å². The molecule has 1 saturated carbocycles. The number of rotatable bonds is 4. The molecule has 6 heteroatoms. The summed E-state index contributed by atoms with van der Waals surface area (Å²) < 4.78 is 37.0. The molecule has 25 heavy (non-hydrogen) atoms. The van der Waals surface area contributed by atoms with Crippen molar-refractivity contribution in [2.45, 2.75) is 70.4 Å². The molecule has 3 nitrogen and oxygen atoms in total. The van der Waals surface area contributed by atoms with Crippen LogP contribution in [0.4, 0.5) is 13.2 Å². The van der Waals surface area contributed by atoms with Crippen molar-refractivity contribution in [2.75, 3.05) is 32.7 Å². The number of alkyl halides is 3. The highest BCUT2D eigenvalue weighted by Crippen LogP contribution is 2.40. The molecule has 3 fully saturated rings. The summed E-state index contributed by atoms with van der Waals surface area (Å²) in [6.07, 6.45) is 4.33. The first-order valence-electron chi connectivity index (χ1n) is 9.92. The van der Waals surface area contributed by atoms with Gasteiger partial charge < -0.3 is 9.80 Å². The van der Waals surface area contributed by atoms with E-state index in [0.717, 1.165) is 38.3 Å². The maximum Gasteiger partial charge on any atom is 0.389 e. The molecule has 0 radical (unpaired) electrons. The molecule has 0 aromatic heterocycles. The van der Waals surface area contributed by atoms with Gasteiger partial charge in [-0.2, -0.15) is 13.2 Å². The van der Waals surface area contributed by atoms with Crippen LogP contribution in [-0.2, 0) is 4.79 Å². The van der Waals surface area contributed by atoms with Gasteiger partial charge in [0.05, 0.1) is 6.42 Å². The van der Waals surface area contributed by atoms with Crippen LogP contribution in [0.3, 0.4) is 0 Å². The number of carbonyl (C=O) groups is 1. The standard InChI is InChI=1S/C19H31F3N2O/c20-19(21,22)9-7-17(25)24-12-10-18(15-24)8-4-11-23(14-18)13-16-5-2-1-3-6-16/h16H,1-15H2. The number of nitrogens with zero attached hydrogens (tertiary/aromatic N) is 2. The minimum absolute atomic E-state index is 0.126. The fourth-order valence-corrected chi connectivity index (χ4v) is 5.09. The second kappa shape index (κ2) is 7.85. The lowest BCUT2D eigenvalue weighted by atomic mass is 9.78. The Bertz CT molecular complexity index is 462. The van der Waals surface area contributed by atoms with Crippen molar-refractivity contribution in [3.8, 4) is 0 Å². The SMILES string of the molecule is O=C(CCC(F)(F)F)N1CCC2(CCCN(CC3CCCCC3)C2)C1. The van der Waals surface area contributed by atoms with E-state index in [1.165, 1.54) is 38.6 Å². The second-order valence-corrected chi connectivity index (χ2v) is 8.52. The van der Waals surface area contributed by atoms with E-state index < -0.39 is 19.0 Å². The normalized spacial score (nSPS) is 29.5. The van der Waals surface area contributed by atoms with Gasteiger partial charge in [-0.25, -0.2) is 0 Å². The summed E-state index contributed by atoms with van der Waals surface area (Å²) in [7, 11) is 0. The van der Waals surface area contributed by atoms with Crippen LogP contribution < -0.4 is 0 Å². The molecule has 0 bridgehead atoms. The summed E-state index contributed by atoms with van der Waals surface area (Å²) in [5.41, 5.74) is 0.126. The summed E-state index contributed by atoms with van der Waals surface area (Å²) >= 11 is 0. The molecular weight excluding hydrogens is 329 g/mol. The van der Waals surface area contributed by atoms with E-state index in [1.807, 2.05) is 0 Å². The van der Waals surface area contributed by atoms with E-state index >= 15 is 0 Å². The first kappa shape index (κ1) is 19.0. The van der Waals surface area contributed by atoms with Gasteiger partial charge in [0.1, 0.15) is 0 Å². The van der Waals surface area contributed by atoms with E-state index in [9.17, 15) is 18.0 Å². The Morgan fingerprint density at radius 2 is 1.76 bits per heavy atom. The van der Waals surface area contributed by atoms with Crippen LogP contribution in [-0.4, -0.2) is 54.6 Å². The number of halogens is 3. The maximum atomic E-state index is 12.3. The Hall–Kier alpha value is -0.780. The Labute approximate surface area is 148 Å². The maximum absolute atomic E-state index is 12.3. The lowest BCUT2D eigenvalue weighted by molar-refractivity contribution is -0.148. The number of carbonyl (C=O) groups excluding carboxylic acids is 1. The Morgan fingerprint density at radius 1 is 1.00 bits per heavy atom. The van der Waals surface area contributed by atoms with Crippen LogP contribution in [0.25, 0.3) is 0 Å². The number of hydrogen-bond donors (Lipinski definition) is 0. The molecule has 0 aromatic carbocycles. The molecule has 1 atom stereocenters. The molecule has 3 aliphatic rings. The Kier molecular flexibility index (Phi) is 5.96. The highest BCUT2D eigenvalue weighted by atomic mass is 19.4. The third-order valence-electron chi connectivity index (χ3n) is 6.39. The molecular formula is C19H31F3N2O. The van der Waals surface area contributed by atoms with Gasteiger partial charge in [0.2, 0.25) is 5.91 Å². The highest BCUT2D eigenvalue weighted by Gasteiger charge is 2.43. The van der Waals surface area contributed by atoms with Crippen molar-refractivity contribution >= 4 is 5.91 Å². The predicted molar refractivity (Wildman–Crippen MR) is 91.2 cm³/mol. The topological polar surface area (TPSA) is 23.6 Å². The summed E-state index contributed by atoms with van der Waals surface area (Å²) in [6, 6.07) is 0. The summed E-state index contributed by atoms with van der Waals surface area (Å²) in [5.74, 6) is 0.494. The van der Waals surface area contributed by atoms with E-state index in [2.05, 4.69) is 4.90 Å². The van der Waals surface area contributed by atoms with Crippen molar-refractivity contribution < 1.29 is 18.0 Å². The molecule has 1 spiro atoms. The monoisotopic (exact) mass is 360 g/mol. The third kappa shape index (κ3) is 5.35. The lowest BCUT2D eigenvalue weighted by Crippen LogP contribution is -2.47. The van der Waals surface area contributed by atoms with Gasteiger partial charge in [-0.1, -0.05) is 19.3 Å². The number of piperidine rings is 1. The van der Waals surface area contributed by atoms with Crippen LogP contribution in [0.5, 0.6) is 0 Å². The summed E-state index contributed by atoms with van der Waals surface area (Å²) in [5, 5.41) is 0. The van der Waals surface area contributed by atoms with E-state index in [-0.39, 0.29) is 11.3 Å². The molecule has 2 heterocycles. The minimum Gasteiger partial charge on any atom is -0.342 e. The summed E-state index contributed by atoms with van der Waals surface area (Å²) in [4.78, 5) is 16.4. The largest absolute Gasteiger partial charge is 0.389 e. The molecule has 2 saturated heterocycles. The average Bonchev–Trinajstić information content (AvgIpc) is 2.96. The van der Waals surface area contributed by atoms with Crippen molar-refractivity contribution in [3.05, 3.63) is 0 Å². The van der Waals surface area contributed by atoms with E-state index in [1.54, 1.807) is 4.90 Å². The fourth-order valence-electron chi connectivity index (χ4n) is 5.09. The fraction of sp³-hybridized carbons (Fsp3) is 0.947. The first-order valence-corrected chi connectivity index (χ1v) is 9.92. The number of amides is 1. The molecule has 0 N–H and O–H groups in total. The van der Waals surface area contributed by atoms with Crippen LogP contribution >= 0.6 is 0 Å². The highest BCUT2D eigenvalue weighted by molar-refractivity contribution is 5.76. The smallest absolute Gasteiger partial charge is 0.342 e. The zero-order chi connectivity index (χ0) is 17.9. The molecule has 0 aromatic rings. The van der Waals surface area contributed by atoms with Gasteiger partial charge >= 0.3 is 6.18 Å². The Morgan fingerprint density at radius 3 is 2.48 bits per heavy atom. The van der Waals surface area contributed by atoms with Gasteiger partial charge in [-0.3, -0.25) is 4.79 Å². The van der Waals surface area contributed by atoms with Crippen molar-refractivity contribution in [2.24, 2.45) is 11.3 Å². The van der Waals surface area contributed by atoms with Crippen molar-refractivity contribution in [1.82, 2.24) is 9.80 Å². The third-order valence-corrected chi connectivity index (χ3v) is 6.39. The van der Waals surface area contributed by atoms with Crippen molar-refractivity contribution in [1.29, 1.82) is 0 Å². The molecule has 2 aliphatic heterocycles. The minimum atomic E-state index is -4.24. The molecule has 1 aliphatic carbocycles. The molecule has 1 amide bonds. The van der Waals surface area contributed by atoms with Gasteiger partial charge in [0.15, 0.2) is 0 Å². The number of likely N-dealkylation sites (tertiary alicyclic amines) is 2. The average molecular weight is 360 g/mol. The van der Waals surface area contributed by atoms with E-state index in [0.29, 0.717) is 13.1 Å². The van der Waals surface area contributed by atoms with Crippen LogP contribution in [0.15, 0.2) is 0 Å². The van der Waals surface area contributed by atoms with Crippen LogP contribution in [0, 0.1) is 11.3 Å². The Balaban J connectivity index is 1.49.